The van der Waals surface area contributed by atoms with Crippen molar-refractivity contribution in [2.45, 2.75) is 6.61 Å². The highest BCUT2D eigenvalue weighted by molar-refractivity contribution is 9.10. The van der Waals surface area contributed by atoms with Crippen LogP contribution >= 0.6 is 50.7 Å². The molecule has 0 aliphatic carbocycles. The summed E-state index contributed by atoms with van der Waals surface area (Å²) in [7, 11) is 1.50. The fourth-order valence-corrected chi connectivity index (χ4v) is 3.95. The third-order valence-corrected chi connectivity index (χ3v) is 6.23. The number of hydrogen-bond acceptors (Lipinski definition) is 4. The quantitative estimate of drug-likeness (QED) is 0.237. The van der Waals surface area contributed by atoms with E-state index in [2.05, 4.69) is 21.2 Å². The number of amides is 1. The Bertz CT molecular complexity index is 1270. The van der Waals surface area contributed by atoms with Gasteiger partial charge >= 0.3 is 0 Å². The van der Waals surface area contributed by atoms with Gasteiger partial charge in [0.1, 0.15) is 18.2 Å². The molecular formula is C24H16BrCl3N2O3. The normalized spacial score (nSPS) is 11.0. The number of nitrogens with one attached hydrogen (secondary N) is 1. The minimum absolute atomic E-state index is 0.135. The van der Waals surface area contributed by atoms with Crippen LogP contribution in [0, 0.1) is 11.3 Å². The first-order valence-electron chi connectivity index (χ1n) is 9.45. The molecule has 3 aromatic carbocycles. The first-order chi connectivity index (χ1) is 15.8. The second kappa shape index (κ2) is 11.4. The Balaban J connectivity index is 1.85. The van der Waals surface area contributed by atoms with Crippen molar-refractivity contribution in [1.82, 2.24) is 0 Å². The molecule has 168 valence electrons. The molecule has 0 aromatic heterocycles. The van der Waals surface area contributed by atoms with Crippen molar-refractivity contribution in [3.05, 3.63) is 90.8 Å². The van der Waals surface area contributed by atoms with Gasteiger partial charge in [0.15, 0.2) is 11.5 Å². The van der Waals surface area contributed by atoms with Crippen LogP contribution in [0.3, 0.4) is 0 Å². The lowest BCUT2D eigenvalue weighted by molar-refractivity contribution is -0.112. The van der Waals surface area contributed by atoms with Crippen LogP contribution in [0.1, 0.15) is 11.1 Å². The Morgan fingerprint density at radius 2 is 1.85 bits per heavy atom. The predicted octanol–water partition coefficient (Wildman–Crippen LogP) is 7.54. The van der Waals surface area contributed by atoms with Gasteiger partial charge in [0.05, 0.1) is 27.3 Å². The molecule has 1 amide bonds. The van der Waals surface area contributed by atoms with Gasteiger partial charge in [-0.25, -0.2) is 0 Å². The van der Waals surface area contributed by atoms with Crippen molar-refractivity contribution < 1.29 is 14.3 Å². The summed E-state index contributed by atoms with van der Waals surface area (Å²) in [5.41, 5.74) is 1.54. The fraction of sp³-hybridized carbons (Fsp3) is 0.0833. The van der Waals surface area contributed by atoms with Crippen LogP contribution in [-0.4, -0.2) is 13.0 Å². The van der Waals surface area contributed by atoms with Crippen LogP contribution in [0.15, 0.2) is 64.6 Å². The number of hydrogen-bond donors (Lipinski definition) is 1. The molecule has 5 nitrogen and oxygen atoms in total. The highest BCUT2D eigenvalue weighted by Crippen LogP contribution is 2.38. The Morgan fingerprint density at radius 1 is 1.12 bits per heavy atom. The van der Waals surface area contributed by atoms with Crippen molar-refractivity contribution in [3.8, 4) is 17.6 Å². The van der Waals surface area contributed by atoms with Crippen LogP contribution in [-0.2, 0) is 11.4 Å². The molecule has 0 aliphatic rings. The van der Waals surface area contributed by atoms with Crippen LogP contribution in [0.25, 0.3) is 6.08 Å². The van der Waals surface area contributed by atoms with Gasteiger partial charge in [-0.05, 0) is 57.9 Å². The summed E-state index contributed by atoms with van der Waals surface area (Å²) in [6.45, 7) is 0.232. The van der Waals surface area contributed by atoms with Crippen LogP contribution < -0.4 is 14.8 Å². The maximum absolute atomic E-state index is 12.6. The van der Waals surface area contributed by atoms with Crippen LogP contribution in [0.4, 0.5) is 5.69 Å². The number of rotatable bonds is 7. The van der Waals surface area contributed by atoms with Gasteiger partial charge in [0, 0.05) is 10.6 Å². The van der Waals surface area contributed by atoms with Gasteiger partial charge in [-0.1, -0.05) is 59.1 Å². The number of carbonyl (C=O) groups excluding carboxylic acids is 1. The summed E-state index contributed by atoms with van der Waals surface area (Å²) in [4.78, 5) is 12.6. The zero-order chi connectivity index (χ0) is 24.0. The molecule has 0 heterocycles. The maximum Gasteiger partial charge on any atom is 0.266 e. The Labute approximate surface area is 214 Å². The highest BCUT2D eigenvalue weighted by Gasteiger charge is 2.16. The number of methoxy groups -OCH3 is 1. The fourth-order valence-electron chi connectivity index (χ4n) is 2.83. The van der Waals surface area contributed by atoms with Gasteiger partial charge < -0.3 is 14.8 Å². The molecule has 9 heteroatoms. The van der Waals surface area contributed by atoms with Gasteiger partial charge in [-0.15, -0.1) is 0 Å². The predicted molar refractivity (Wildman–Crippen MR) is 135 cm³/mol. The van der Waals surface area contributed by atoms with E-state index in [0.29, 0.717) is 32.2 Å². The summed E-state index contributed by atoms with van der Waals surface area (Å²) in [5.74, 6) is 0.248. The van der Waals surface area contributed by atoms with E-state index in [0.717, 1.165) is 5.56 Å². The van der Waals surface area contributed by atoms with Crippen molar-refractivity contribution in [2.75, 3.05) is 12.4 Å². The minimum Gasteiger partial charge on any atom is -0.493 e. The van der Waals surface area contributed by atoms with E-state index < -0.39 is 5.91 Å². The number of anilines is 1. The molecule has 3 aromatic rings. The summed E-state index contributed by atoms with van der Waals surface area (Å²) < 4.78 is 11.9. The molecule has 0 fully saturated rings. The molecule has 0 saturated heterocycles. The molecule has 0 aliphatic heterocycles. The number of benzene rings is 3. The number of nitriles is 1. The third-order valence-electron chi connectivity index (χ3n) is 4.46. The second-order valence-electron chi connectivity index (χ2n) is 6.64. The number of halogens is 4. The maximum atomic E-state index is 12.6. The lowest BCUT2D eigenvalue weighted by atomic mass is 10.1. The van der Waals surface area contributed by atoms with Crippen LogP contribution in [0.5, 0.6) is 11.5 Å². The van der Waals surface area contributed by atoms with Crippen molar-refractivity contribution >= 4 is 68.4 Å². The first-order valence-corrected chi connectivity index (χ1v) is 11.4. The molecule has 1 N–H and O–H groups in total. The van der Waals surface area contributed by atoms with Crippen molar-refractivity contribution in [2.24, 2.45) is 0 Å². The van der Waals surface area contributed by atoms with Gasteiger partial charge in [0.25, 0.3) is 5.91 Å². The van der Waals surface area contributed by atoms with Crippen molar-refractivity contribution in [1.29, 1.82) is 5.26 Å². The summed E-state index contributed by atoms with van der Waals surface area (Å²) in [5, 5.41) is 13.2. The Hall–Kier alpha value is -2.69. The smallest absolute Gasteiger partial charge is 0.266 e. The average molecular weight is 567 g/mol. The lowest BCUT2D eigenvalue weighted by Crippen LogP contribution is -2.13. The molecular weight excluding hydrogens is 551 g/mol. The highest BCUT2D eigenvalue weighted by atomic mass is 79.9. The van der Waals surface area contributed by atoms with Gasteiger partial charge in [-0.3, -0.25) is 4.79 Å². The van der Waals surface area contributed by atoms with Crippen LogP contribution in [0.2, 0.25) is 15.1 Å². The van der Waals surface area contributed by atoms with Gasteiger partial charge in [-0.2, -0.15) is 5.26 Å². The number of carbonyl (C=O) groups is 1. The topological polar surface area (TPSA) is 71.3 Å². The summed E-state index contributed by atoms with van der Waals surface area (Å²) in [6.07, 6.45) is 1.43. The van der Waals surface area contributed by atoms with Gasteiger partial charge in [0.2, 0.25) is 0 Å². The lowest BCUT2D eigenvalue weighted by Gasteiger charge is -2.14. The molecule has 3 rings (SSSR count). The molecule has 0 radical (unpaired) electrons. The second-order valence-corrected chi connectivity index (χ2v) is 8.69. The largest absolute Gasteiger partial charge is 0.493 e. The minimum atomic E-state index is -0.629. The van der Waals surface area contributed by atoms with E-state index in [1.165, 1.54) is 13.2 Å². The molecule has 0 spiro atoms. The first kappa shape index (κ1) is 24.9. The summed E-state index contributed by atoms with van der Waals surface area (Å²) in [6, 6.07) is 17.5. The van der Waals surface area contributed by atoms with Crippen molar-refractivity contribution in [3.63, 3.8) is 0 Å². The SMILES string of the molecule is COc1cc(/C=C(\C#N)C(=O)Nc2cccc(Cl)c2Cl)cc(Br)c1OCc1ccccc1Cl. The Kier molecular flexibility index (Phi) is 8.65. The Morgan fingerprint density at radius 3 is 2.55 bits per heavy atom. The number of nitrogens with zero attached hydrogens (tertiary/aromatic N) is 1. The van der Waals surface area contributed by atoms with E-state index in [1.807, 2.05) is 24.3 Å². The third kappa shape index (κ3) is 6.21. The van der Waals surface area contributed by atoms with E-state index in [4.69, 9.17) is 44.3 Å². The standard InChI is InChI=1S/C24H16BrCl3N2O3/c1-32-21-11-14(10-17(25)23(21)33-13-15-5-2-3-6-18(15)26)9-16(12-29)24(31)30-20-8-4-7-19(27)22(20)28/h2-11H,13H2,1H3,(H,30,31)/b16-9+. The molecule has 33 heavy (non-hydrogen) atoms. The van der Waals surface area contributed by atoms with E-state index in [-0.39, 0.29) is 22.2 Å². The zero-order valence-corrected chi connectivity index (χ0v) is 21.0. The molecule has 0 saturated carbocycles. The number of ether oxygens (including phenoxy) is 2. The molecule has 0 unspecified atom stereocenters. The summed E-state index contributed by atoms with van der Waals surface area (Å²) >= 11 is 21.8. The monoisotopic (exact) mass is 564 g/mol. The van der Waals surface area contributed by atoms with E-state index in [9.17, 15) is 10.1 Å². The molecule has 0 bridgehead atoms. The molecule has 0 atom stereocenters. The zero-order valence-electron chi connectivity index (χ0n) is 17.2. The average Bonchev–Trinajstić information content (AvgIpc) is 2.80. The van der Waals surface area contributed by atoms with E-state index in [1.54, 1.807) is 36.4 Å². The van der Waals surface area contributed by atoms with E-state index >= 15 is 0 Å².